The van der Waals surface area contributed by atoms with Crippen molar-refractivity contribution in [3.05, 3.63) is 146 Å². The molecule has 0 N–H and O–H groups in total. The van der Waals surface area contributed by atoms with Gasteiger partial charge >= 0.3 is 0 Å². The van der Waals surface area contributed by atoms with Crippen LogP contribution in [-0.2, 0) is 0 Å². The molecule has 5 heteroatoms. The monoisotopic (exact) mass is 548 g/mol. The molecule has 0 atom stereocenters. The van der Waals surface area contributed by atoms with Gasteiger partial charge in [-0.25, -0.2) is 0 Å². The molecule has 0 unspecified atom stereocenters. The third-order valence-corrected chi connectivity index (χ3v) is 10.1. The van der Waals surface area contributed by atoms with Gasteiger partial charge in [-0.1, -0.05) is 79.9 Å². The van der Waals surface area contributed by atoms with E-state index in [4.69, 9.17) is 8.83 Å². The quantitative estimate of drug-likeness (QED) is 0.158. The van der Waals surface area contributed by atoms with Crippen LogP contribution in [-0.4, -0.2) is 0 Å². The summed E-state index contributed by atoms with van der Waals surface area (Å²) in [6.45, 7) is 8.25. The van der Waals surface area contributed by atoms with Crippen LogP contribution in [0.1, 0.15) is 0 Å². The van der Waals surface area contributed by atoms with Crippen molar-refractivity contribution >= 4 is 74.8 Å². The van der Waals surface area contributed by atoms with Gasteiger partial charge in [0, 0.05) is 38.2 Å². The number of hydrogen-bond acceptors (Lipinski definition) is 4. The Hall–Kier alpha value is -5.05. The summed E-state index contributed by atoms with van der Waals surface area (Å²) in [5, 5.41) is 5.52. The molecule has 0 saturated heterocycles. The molecular weight excluding hydrogens is 523 g/mol. The van der Waals surface area contributed by atoms with Gasteiger partial charge in [0.05, 0.1) is 11.4 Å². The van der Waals surface area contributed by atoms with E-state index in [1.54, 1.807) is 0 Å². The summed E-state index contributed by atoms with van der Waals surface area (Å²) in [4.78, 5) is 0. The Balaban J connectivity index is 1.38. The topological polar surface area (TPSA) is 32.8 Å². The van der Waals surface area contributed by atoms with E-state index in [2.05, 4.69) is 114 Å². The van der Waals surface area contributed by atoms with Crippen LogP contribution in [0.25, 0.3) is 43.9 Å². The lowest BCUT2D eigenvalue weighted by Crippen LogP contribution is -2.14. The first-order valence-electron chi connectivity index (χ1n) is 13.5. The van der Waals surface area contributed by atoms with Crippen molar-refractivity contribution in [3.63, 3.8) is 0 Å². The minimum Gasteiger partial charge on any atom is -0.456 e. The molecule has 2 aromatic heterocycles. The average Bonchev–Trinajstić information content (AvgIpc) is 3.68. The Kier molecular flexibility index (Phi) is 5.38. The Morgan fingerprint density at radius 3 is 1.51 bits per heavy atom. The normalized spacial score (nSPS) is 14.0. The number of rotatable bonds is 5. The summed E-state index contributed by atoms with van der Waals surface area (Å²) in [5.41, 5.74) is 8.01. The van der Waals surface area contributed by atoms with Gasteiger partial charge in [-0.15, -0.1) is 0 Å². The minimum atomic E-state index is -1.11. The van der Waals surface area contributed by atoms with Gasteiger partial charge in [-0.3, -0.25) is 9.34 Å². The fraction of sp³-hybridized carbons (Fsp3) is 0. The third-order valence-electron chi connectivity index (χ3n) is 7.66. The number of fused-ring (bicyclic) bond motifs is 7. The van der Waals surface area contributed by atoms with Crippen LogP contribution in [0.4, 0.5) is 22.7 Å². The zero-order valence-corrected chi connectivity index (χ0v) is 23.1. The van der Waals surface area contributed by atoms with Crippen LogP contribution in [0.2, 0.25) is 0 Å². The molecule has 196 valence electrons. The van der Waals surface area contributed by atoms with Gasteiger partial charge in [-0.05, 0) is 60.7 Å². The second kappa shape index (κ2) is 9.26. The third kappa shape index (κ3) is 3.58. The van der Waals surface area contributed by atoms with E-state index < -0.39 is 8.22 Å². The summed E-state index contributed by atoms with van der Waals surface area (Å²) in [5.74, 6) is 0. The van der Waals surface area contributed by atoms with Gasteiger partial charge < -0.3 is 8.83 Å². The molecule has 0 amide bonds. The van der Waals surface area contributed by atoms with E-state index in [9.17, 15) is 0 Å². The number of para-hydroxylation sites is 4. The number of furan rings is 2. The highest BCUT2D eigenvalue weighted by Crippen LogP contribution is 2.69. The lowest BCUT2D eigenvalue weighted by molar-refractivity contribution is 0.668. The van der Waals surface area contributed by atoms with Crippen molar-refractivity contribution in [1.82, 2.24) is 0 Å². The van der Waals surface area contributed by atoms with E-state index in [1.807, 2.05) is 36.4 Å². The SMILES string of the molecule is C=C/C=C(\C=C)P1N(c2ccc3oc4ccccc4c3c2)c2ccccc2N1c1ccc2oc3ccccc3c2c1. The summed E-state index contributed by atoms with van der Waals surface area (Å²) < 4.78 is 17.2. The van der Waals surface area contributed by atoms with E-state index in [0.717, 1.165) is 71.9 Å². The molecule has 5 aromatic carbocycles. The predicted molar refractivity (Wildman–Crippen MR) is 174 cm³/mol. The smallest absolute Gasteiger partial charge is 0.138 e. The van der Waals surface area contributed by atoms with Gasteiger partial charge in [-0.2, -0.15) is 0 Å². The Bertz CT molecular complexity index is 2050. The maximum atomic E-state index is 6.16. The fourth-order valence-corrected chi connectivity index (χ4v) is 8.35. The van der Waals surface area contributed by atoms with Gasteiger partial charge in [0.1, 0.15) is 30.6 Å². The molecule has 0 aliphatic carbocycles. The Morgan fingerprint density at radius 1 is 0.561 bits per heavy atom. The Morgan fingerprint density at radius 2 is 1.02 bits per heavy atom. The molecule has 3 heterocycles. The molecule has 0 saturated carbocycles. The minimum absolute atomic E-state index is 0.881. The molecule has 8 rings (SSSR count). The van der Waals surface area contributed by atoms with E-state index in [0.29, 0.717) is 0 Å². The van der Waals surface area contributed by atoms with E-state index >= 15 is 0 Å². The van der Waals surface area contributed by atoms with Crippen LogP contribution in [0.3, 0.4) is 0 Å². The van der Waals surface area contributed by atoms with E-state index in [1.165, 1.54) is 0 Å². The first-order valence-corrected chi connectivity index (χ1v) is 14.8. The van der Waals surface area contributed by atoms with E-state index in [-0.39, 0.29) is 0 Å². The summed E-state index contributed by atoms with van der Waals surface area (Å²) in [7, 11) is -1.11. The lowest BCUT2D eigenvalue weighted by Gasteiger charge is -2.33. The lowest BCUT2D eigenvalue weighted by atomic mass is 10.1. The van der Waals surface area contributed by atoms with Crippen molar-refractivity contribution in [1.29, 1.82) is 0 Å². The molecular formula is C36H25N2O2P. The largest absolute Gasteiger partial charge is 0.456 e. The van der Waals surface area contributed by atoms with Gasteiger partial charge in [0.25, 0.3) is 0 Å². The predicted octanol–water partition coefficient (Wildman–Crippen LogP) is 11.3. The number of nitrogens with zero attached hydrogens (tertiary/aromatic N) is 2. The molecule has 0 spiro atoms. The first-order chi connectivity index (χ1) is 20.2. The fourth-order valence-electron chi connectivity index (χ4n) is 5.87. The van der Waals surface area contributed by atoms with Crippen LogP contribution < -0.4 is 9.34 Å². The number of anilines is 4. The molecule has 0 bridgehead atoms. The molecule has 0 radical (unpaired) electrons. The summed E-state index contributed by atoms with van der Waals surface area (Å²) >= 11 is 0. The van der Waals surface area contributed by atoms with Crippen molar-refractivity contribution < 1.29 is 8.83 Å². The number of benzene rings is 5. The molecule has 41 heavy (non-hydrogen) atoms. The first kappa shape index (κ1) is 23.8. The van der Waals surface area contributed by atoms with Gasteiger partial charge in [0.2, 0.25) is 0 Å². The summed E-state index contributed by atoms with van der Waals surface area (Å²) in [6, 6.07) is 38.0. The van der Waals surface area contributed by atoms with Gasteiger partial charge in [0.15, 0.2) is 0 Å². The maximum absolute atomic E-state index is 6.16. The van der Waals surface area contributed by atoms with Crippen molar-refractivity contribution in [2.24, 2.45) is 0 Å². The van der Waals surface area contributed by atoms with Crippen molar-refractivity contribution in [3.8, 4) is 0 Å². The molecule has 7 aromatic rings. The molecule has 1 aliphatic rings. The zero-order chi connectivity index (χ0) is 27.5. The maximum Gasteiger partial charge on any atom is 0.138 e. The number of allylic oxidation sites excluding steroid dienone is 4. The highest BCUT2D eigenvalue weighted by molar-refractivity contribution is 7.67. The highest BCUT2D eigenvalue weighted by Gasteiger charge is 2.40. The van der Waals surface area contributed by atoms with Crippen molar-refractivity contribution in [2.75, 3.05) is 9.34 Å². The second-order valence-corrected chi connectivity index (χ2v) is 11.9. The van der Waals surface area contributed by atoms with Crippen LogP contribution in [0.5, 0.6) is 0 Å². The Labute approximate surface area is 238 Å². The number of hydrogen-bond donors (Lipinski definition) is 0. The highest BCUT2D eigenvalue weighted by atomic mass is 31.1. The zero-order valence-electron chi connectivity index (χ0n) is 22.2. The van der Waals surface area contributed by atoms with Crippen LogP contribution >= 0.6 is 8.22 Å². The average molecular weight is 549 g/mol. The molecule has 1 aliphatic heterocycles. The van der Waals surface area contributed by atoms with Crippen LogP contribution in [0, 0.1) is 0 Å². The van der Waals surface area contributed by atoms with Crippen molar-refractivity contribution in [2.45, 2.75) is 0 Å². The summed E-state index contributed by atoms with van der Waals surface area (Å²) in [6.07, 6.45) is 5.87. The standard InChI is InChI=1S/C36H25N2O2P/c1-3-11-26(4-2)41-37(24-18-20-35-29(22-24)27-12-5-9-16-33(27)39-35)31-14-7-8-15-32(31)38(41)25-19-21-36-30(23-25)28-13-6-10-17-34(28)40-36/h3-23H,1-2H2/b26-11+. The second-order valence-electron chi connectivity index (χ2n) is 9.99. The molecule has 4 nitrogen and oxygen atoms in total. The van der Waals surface area contributed by atoms with Crippen LogP contribution in [0.15, 0.2) is 155 Å². The molecule has 0 fully saturated rings.